The van der Waals surface area contributed by atoms with E-state index in [9.17, 15) is 17.4 Å². The van der Waals surface area contributed by atoms with Gasteiger partial charge in [0.25, 0.3) is 0 Å². The summed E-state index contributed by atoms with van der Waals surface area (Å²) in [5.74, 6) is 1.27. The molecule has 1 aromatic rings. The highest BCUT2D eigenvalue weighted by Gasteiger charge is 2.28. The molecule has 0 bridgehead atoms. The van der Waals surface area contributed by atoms with Gasteiger partial charge in [-0.15, -0.1) is 0 Å². The average Bonchev–Trinajstić information content (AvgIpc) is 2.70. The molecule has 0 saturated heterocycles. The second kappa shape index (κ2) is 11.4. The number of hydrogen-bond donors (Lipinski definition) is 2. The van der Waals surface area contributed by atoms with Crippen molar-refractivity contribution in [3.63, 3.8) is 0 Å². The molecule has 3 unspecified atom stereocenters. The maximum absolute atomic E-state index is 12.2. The van der Waals surface area contributed by atoms with Crippen molar-refractivity contribution in [2.75, 3.05) is 18.9 Å². The Morgan fingerprint density at radius 3 is 2.76 bits per heavy atom. The van der Waals surface area contributed by atoms with Crippen LogP contribution in [0, 0.1) is 0 Å². The second-order valence-corrected chi connectivity index (χ2v) is 8.91. The normalized spacial score (nSPS) is 21.5. The zero-order valence-corrected chi connectivity index (χ0v) is 17.6. The molecule has 6 nitrogen and oxygen atoms in total. The number of aromatic nitrogens is 1. The van der Waals surface area contributed by atoms with E-state index in [1.807, 2.05) is 13.8 Å². The predicted molar refractivity (Wildman–Crippen MR) is 108 cm³/mol. The number of pyridine rings is 1. The fourth-order valence-electron chi connectivity index (χ4n) is 3.18. The number of hydrogen-bond acceptors (Lipinski definition) is 4. The summed E-state index contributed by atoms with van der Waals surface area (Å²) in [4.78, 5) is 8.43. The van der Waals surface area contributed by atoms with E-state index in [1.54, 1.807) is 6.07 Å². The molecule has 1 heterocycles. The van der Waals surface area contributed by atoms with Gasteiger partial charge in [-0.1, -0.05) is 19.4 Å². The average molecular weight is 435 g/mol. The molecule has 0 aromatic carbocycles. The Balaban J connectivity index is 1.92. The molecule has 0 amide bonds. The highest BCUT2D eigenvalue weighted by atomic mass is 32.2. The maximum atomic E-state index is 12.2. The third-order valence-corrected chi connectivity index (χ3v) is 6.31. The van der Waals surface area contributed by atoms with Crippen molar-refractivity contribution < 1.29 is 22.1 Å². The Morgan fingerprint density at radius 2 is 2.14 bits per heavy atom. The lowest BCUT2D eigenvalue weighted by Gasteiger charge is -2.30. The minimum absolute atomic E-state index is 0.0720. The van der Waals surface area contributed by atoms with E-state index in [0.717, 1.165) is 31.2 Å². The van der Waals surface area contributed by atoms with Gasteiger partial charge in [0, 0.05) is 46.7 Å². The number of nitrogens with zero attached hydrogens (tertiary/aromatic N) is 2. The van der Waals surface area contributed by atoms with Gasteiger partial charge in [-0.05, 0) is 31.7 Å². The summed E-state index contributed by atoms with van der Waals surface area (Å²) in [6.07, 6.45) is 0.975. The molecule has 1 aliphatic rings. The summed E-state index contributed by atoms with van der Waals surface area (Å²) in [5, 5.41) is 6.84. The lowest BCUT2D eigenvalue weighted by molar-refractivity contribution is -0.154. The van der Waals surface area contributed by atoms with Crippen LogP contribution in [-0.2, 0) is 17.3 Å². The van der Waals surface area contributed by atoms with Gasteiger partial charge in [0.05, 0.1) is 6.54 Å². The molecule has 1 fully saturated rings. The van der Waals surface area contributed by atoms with Crippen molar-refractivity contribution in [2.24, 2.45) is 4.99 Å². The van der Waals surface area contributed by atoms with E-state index in [1.165, 1.54) is 12.3 Å². The molecule has 0 spiro atoms. The molecule has 0 radical (unpaired) electrons. The molecule has 164 valence electrons. The minimum atomic E-state index is -4.39. The van der Waals surface area contributed by atoms with Gasteiger partial charge in [-0.2, -0.15) is 13.2 Å². The molecule has 1 saturated carbocycles. The summed E-state index contributed by atoms with van der Waals surface area (Å²) in [6.45, 7) is 3.59. The first-order chi connectivity index (χ1) is 13.8. The zero-order chi connectivity index (χ0) is 21.3. The fraction of sp³-hybridized carbons (Fsp3) is 0.684. The molecule has 2 rings (SSSR count). The summed E-state index contributed by atoms with van der Waals surface area (Å²) in [5.41, 5.74) is 0.759. The topological polar surface area (TPSA) is 75.6 Å². The third kappa shape index (κ3) is 8.59. The number of alkyl halides is 3. The number of rotatable bonds is 8. The van der Waals surface area contributed by atoms with Crippen LogP contribution in [0.2, 0.25) is 0 Å². The first-order valence-corrected chi connectivity index (χ1v) is 11.3. The van der Waals surface area contributed by atoms with Crippen LogP contribution in [0.1, 0.15) is 45.1 Å². The van der Waals surface area contributed by atoms with Crippen molar-refractivity contribution in [1.29, 1.82) is 0 Å². The monoisotopic (exact) mass is 434 g/mol. The van der Waals surface area contributed by atoms with Gasteiger partial charge in [0.15, 0.2) is 12.6 Å². The highest BCUT2D eigenvalue weighted by Crippen LogP contribution is 2.23. The molecule has 2 N–H and O–H groups in total. The molecule has 29 heavy (non-hydrogen) atoms. The Morgan fingerprint density at radius 1 is 1.34 bits per heavy atom. The molecular weight excluding hydrogens is 405 g/mol. The maximum Gasteiger partial charge on any atom is 0.422 e. The van der Waals surface area contributed by atoms with E-state index in [2.05, 4.69) is 25.3 Å². The molecule has 10 heteroatoms. The van der Waals surface area contributed by atoms with Gasteiger partial charge >= 0.3 is 6.18 Å². The number of ether oxygens (including phenoxy) is 1. The van der Waals surface area contributed by atoms with E-state index in [0.29, 0.717) is 24.8 Å². The summed E-state index contributed by atoms with van der Waals surface area (Å²) < 4.78 is 53.3. The second-order valence-electron chi connectivity index (χ2n) is 6.90. The summed E-state index contributed by atoms with van der Waals surface area (Å²) >= 11 is 0. The first-order valence-electron chi connectivity index (χ1n) is 9.87. The molecule has 0 aliphatic heterocycles. The van der Waals surface area contributed by atoms with Crippen molar-refractivity contribution in [3.05, 3.63) is 23.9 Å². The zero-order valence-electron chi connectivity index (χ0n) is 16.8. The van der Waals surface area contributed by atoms with Gasteiger partial charge in [0.1, 0.15) is 0 Å². The van der Waals surface area contributed by atoms with Crippen LogP contribution in [0.4, 0.5) is 13.2 Å². The van der Waals surface area contributed by atoms with Crippen LogP contribution in [-0.4, -0.2) is 51.5 Å². The van der Waals surface area contributed by atoms with Crippen molar-refractivity contribution in [3.8, 4) is 5.88 Å². The lowest BCUT2D eigenvalue weighted by Crippen LogP contribution is -2.46. The Kier molecular flexibility index (Phi) is 9.19. The number of nitrogens with one attached hydrogen (secondary N) is 2. The van der Waals surface area contributed by atoms with E-state index in [-0.39, 0.29) is 17.2 Å². The summed E-state index contributed by atoms with van der Waals surface area (Å²) in [7, 11) is -0.787. The summed E-state index contributed by atoms with van der Waals surface area (Å²) in [6, 6.07) is 3.27. The molecule has 3 atom stereocenters. The van der Waals surface area contributed by atoms with Crippen LogP contribution in [0.25, 0.3) is 0 Å². The smallest absolute Gasteiger partial charge is 0.422 e. The van der Waals surface area contributed by atoms with Crippen molar-refractivity contribution >= 4 is 16.8 Å². The number of halogens is 3. The van der Waals surface area contributed by atoms with Crippen LogP contribution < -0.4 is 15.4 Å². The molecule has 1 aliphatic carbocycles. The molecule has 1 aromatic heterocycles. The SMILES string of the molecule is CCNC(=NCc1ccc(OCC(F)(F)F)nc1)NC1CCCC(S(=O)CC)C1. The lowest BCUT2D eigenvalue weighted by atomic mass is 9.95. The van der Waals surface area contributed by atoms with Crippen LogP contribution in [0.15, 0.2) is 23.3 Å². The van der Waals surface area contributed by atoms with E-state index < -0.39 is 23.6 Å². The quantitative estimate of drug-likeness (QED) is 0.486. The Labute approximate surface area is 172 Å². The van der Waals surface area contributed by atoms with Gasteiger partial charge < -0.3 is 15.4 Å². The van der Waals surface area contributed by atoms with Crippen molar-refractivity contribution in [2.45, 2.75) is 63.5 Å². The number of guanidine groups is 1. The van der Waals surface area contributed by atoms with Crippen LogP contribution >= 0.6 is 0 Å². The van der Waals surface area contributed by atoms with E-state index in [4.69, 9.17) is 0 Å². The van der Waals surface area contributed by atoms with Gasteiger partial charge in [-0.3, -0.25) is 4.21 Å². The standard InChI is InChI=1S/C19H29F3N4O2S/c1-3-23-18(26-15-6-5-7-16(10-15)29(27)4-2)25-12-14-8-9-17(24-11-14)28-13-19(20,21)22/h8-9,11,15-16H,3-7,10,12-13H2,1-2H3,(H2,23,25,26). The molecular formula is C19H29F3N4O2S. The minimum Gasteiger partial charge on any atom is -0.468 e. The highest BCUT2D eigenvalue weighted by molar-refractivity contribution is 7.85. The predicted octanol–water partition coefficient (Wildman–Crippen LogP) is 3.16. The van der Waals surface area contributed by atoms with Gasteiger partial charge in [0.2, 0.25) is 5.88 Å². The third-order valence-electron chi connectivity index (χ3n) is 4.57. The fourth-order valence-corrected chi connectivity index (χ4v) is 4.53. The van der Waals surface area contributed by atoms with Crippen LogP contribution in [0.3, 0.4) is 0 Å². The van der Waals surface area contributed by atoms with Crippen LogP contribution in [0.5, 0.6) is 5.88 Å². The van der Waals surface area contributed by atoms with Crippen molar-refractivity contribution in [1.82, 2.24) is 15.6 Å². The number of aliphatic imine (C=N–C) groups is 1. The van der Waals surface area contributed by atoms with Gasteiger partial charge in [-0.25, -0.2) is 9.98 Å². The Hall–Kier alpha value is -1.84. The Bertz CT molecular complexity index is 683. The largest absolute Gasteiger partial charge is 0.468 e. The van der Waals surface area contributed by atoms with E-state index >= 15 is 0 Å². The first kappa shape index (κ1) is 23.4.